The van der Waals surface area contributed by atoms with Crippen LogP contribution in [-0.2, 0) is 0 Å². The Bertz CT molecular complexity index is 2260. The van der Waals surface area contributed by atoms with Gasteiger partial charge in [0.05, 0.1) is 0 Å². The molecule has 0 unspecified atom stereocenters. The van der Waals surface area contributed by atoms with Crippen molar-refractivity contribution in [3.8, 4) is 22.3 Å². The fraction of sp³-hybridized carbons (Fsp3) is 0.0270. The standard InChI is InChI=1S/C37H23BN2S/c1-22-16-18-31-28(20-22)27-11-7-14-33-37(27)38-36-26(24-8-2-4-12-30(24)40(31)38)10-6-13-32(36)39(33)23-17-19-35-29(21-23)25-9-3-5-15-34(25)41-35/h2-21H,1H3. The highest BCUT2D eigenvalue weighted by Gasteiger charge is 2.48. The molecule has 6 aromatic carbocycles. The average molecular weight is 538 g/mol. The fourth-order valence-electron chi connectivity index (χ4n) is 7.60. The Kier molecular flexibility index (Phi) is 4.12. The van der Waals surface area contributed by atoms with E-state index in [1.54, 1.807) is 0 Å². The van der Waals surface area contributed by atoms with Gasteiger partial charge in [-0.3, -0.25) is 0 Å². The summed E-state index contributed by atoms with van der Waals surface area (Å²) >= 11 is 1.88. The Morgan fingerprint density at radius 2 is 1.17 bits per heavy atom. The third-order valence-electron chi connectivity index (χ3n) is 9.23. The van der Waals surface area contributed by atoms with Crippen molar-refractivity contribution in [2.24, 2.45) is 0 Å². The van der Waals surface area contributed by atoms with Crippen LogP contribution in [0.3, 0.4) is 0 Å². The lowest BCUT2D eigenvalue weighted by molar-refractivity contribution is 1.26. The van der Waals surface area contributed by atoms with Crippen LogP contribution >= 0.6 is 11.3 Å². The van der Waals surface area contributed by atoms with Gasteiger partial charge in [0.2, 0.25) is 0 Å². The molecular formula is C37H23BN2S. The van der Waals surface area contributed by atoms with Crippen molar-refractivity contribution >= 4 is 77.7 Å². The molecule has 0 saturated carbocycles. The number of nitrogens with zero attached hydrogens (tertiary/aromatic N) is 2. The normalized spacial score (nSPS) is 13.8. The van der Waals surface area contributed by atoms with E-state index < -0.39 is 0 Å². The summed E-state index contributed by atoms with van der Waals surface area (Å²) in [7, 11) is 0. The van der Waals surface area contributed by atoms with Crippen molar-refractivity contribution < 1.29 is 0 Å². The largest absolute Gasteiger partial charge is 0.376 e. The molecule has 3 aliphatic rings. The van der Waals surface area contributed by atoms with E-state index in [9.17, 15) is 0 Å². The first-order valence-electron chi connectivity index (χ1n) is 14.2. The minimum atomic E-state index is 0.125. The minimum Gasteiger partial charge on any atom is -0.376 e. The number of fused-ring (bicyclic) bond motifs is 9. The van der Waals surface area contributed by atoms with Gasteiger partial charge in [0.1, 0.15) is 0 Å². The molecule has 1 aromatic heterocycles. The van der Waals surface area contributed by atoms with Crippen LogP contribution in [-0.4, -0.2) is 6.85 Å². The van der Waals surface area contributed by atoms with Gasteiger partial charge >= 0.3 is 6.85 Å². The van der Waals surface area contributed by atoms with E-state index in [4.69, 9.17) is 0 Å². The monoisotopic (exact) mass is 538 g/mol. The van der Waals surface area contributed by atoms with Crippen LogP contribution in [0.2, 0.25) is 0 Å². The van der Waals surface area contributed by atoms with Crippen LogP contribution in [0, 0.1) is 6.92 Å². The Hall–Kier alpha value is -4.80. The lowest BCUT2D eigenvalue weighted by Gasteiger charge is -2.49. The van der Waals surface area contributed by atoms with Crippen molar-refractivity contribution in [2.75, 3.05) is 9.71 Å². The van der Waals surface area contributed by atoms with Crippen LogP contribution in [0.4, 0.5) is 28.4 Å². The van der Waals surface area contributed by atoms with Gasteiger partial charge in [-0.1, -0.05) is 72.3 Å². The zero-order chi connectivity index (χ0) is 26.8. The molecule has 0 spiro atoms. The molecule has 10 rings (SSSR count). The second-order valence-electron chi connectivity index (χ2n) is 11.4. The molecule has 0 atom stereocenters. The number of anilines is 5. The molecule has 190 valence electrons. The Morgan fingerprint density at radius 1 is 0.512 bits per heavy atom. The SMILES string of the molecule is Cc1ccc2c(c1)-c1cccc3c1B1c4c(cccc4N3c3ccc4sc5ccccc5c4c3)-c3ccccc3N12. The summed E-state index contributed by atoms with van der Waals surface area (Å²) in [6.45, 7) is 2.32. The highest BCUT2D eigenvalue weighted by Crippen LogP contribution is 2.51. The molecular weight excluding hydrogens is 515 g/mol. The molecule has 0 radical (unpaired) electrons. The van der Waals surface area contributed by atoms with Crippen LogP contribution in [0.15, 0.2) is 121 Å². The Balaban J connectivity index is 1.34. The van der Waals surface area contributed by atoms with Crippen molar-refractivity contribution in [3.63, 3.8) is 0 Å². The van der Waals surface area contributed by atoms with E-state index in [0.29, 0.717) is 0 Å². The molecule has 7 aromatic rings. The number of hydrogen-bond donors (Lipinski definition) is 0. The number of hydrogen-bond acceptors (Lipinski definition) is 3. The minimum absolute atomic E-state index is 0.125. The molecule has 0 saturated heterocycles. The maximum atomic E-state index is 2.61. The van der Waals surface area contributed by atoms with Crippen molar-refractivity contribution in [1.29, 1.82) is 0 Å². The predicted molar refractivity (Wildman–Crippen MR) is 177 cm³/mol. The highest BCUT2D eigenvalue weighted by molar-refractivity contribution is 7.25. The lowest BCUT2D eigenvalue weighted by atomic mass is 9.41. The van der Waals surface area contributed by atoms with E-state index in [2.05, 4.69) is 138 Å². The van der Waals surface area contributed by atoms with Gasteiger partial charge in [-0.25, -0.2) is 0 Å². The highest BCUT2D eigenvalue weighted by atomic mass is 32.1. The number of para-hydroxylation sites is 1. The van der Waals surface area contributed by atoms with Gasteiger partial charge in [0.15, 0.2) is 0 Å². The number of aryl methyl sites for hydroxylation is 1. The summed E-state index contributed by atoms with van der Waals surface area (Å²) in [5, 5.41) is 2.66. The predicted octanol–water partition coefficient (Wildman–Crippen LogP) is 9.05. The summed E-state index contributed by atoms with van der Waals surface area (Å²) in [5.74, 6) is 0. The van der Waals surface area contributed by atoms with E-state index in [0.717, 1.165) is 0 Å². The van der Waals surface area contributed by atoms with Crippen LogP contribution in [0.25, 0.3) is 42.4 Å². The number of rotatable bonds is 1. The fourth-order valence-corrected chi connectivity index (χ4v) is 8.69. The van der Waals surface area contributed by atoms with Gasteiger partial charge in [0, 0.05) is 59.7 Å². The van der Waals surface area contributed by atoms with E-state index >= 15 is 0 Å². The van der Waals surface area contributed by atoms with Crippen LogP contribution in [0.5, 0.6) is 0 Å². The third-order valence-corrected chi connectivity index (χ3v) is 10.4. The second-order valence-corrected chi connectivity index (χ2v) is 12.5. The van der Waals surface area contributed by atoms with E-state index in [1.165, 1.54) is 87.4 Å². The van der Waals surface area contributed by atoms with Gasteiger partial charge in [0.25, 0.3) is 0 Å². The first-order valence-corrected chi connectivity index (χ1v) is 15.0. The van der Waals surface area contributed by atoms with Crippen LogP contribution in [0.1, 0.15) is 5.56 Å². The van der Waals surface area contributed by atoms with Gasteiger partial charge < -0.3 is 9.71 Å². The van der Waals surface area contributed by atoms with Crippen molar-refractivity contribution in [1.82, 2.24) is 0 Å². The molecule has 4 heterocycles. The summed E-state index contributed by atoms with van der Waals surface area (Å²) in [6, 6.07) is 45.5. The topological polar surface area (TPSA) is 6.48 Å². The molecule has 0 aliphatic carbocycles. The molecule has 0 amide bonds. The van der Waals surface area contributed by atoms with Gasteiger partial charge in [-0.15, -0.1) is 11.3 Å². The molecule has 2 nitrogen and oxygen atoms in total. The Morgan fingerprint density at radius 3 is 2.02 bits per heavy atom. The molecule has 3 aliphatic heterocycles. The first kappa shape index (κ1) is 22.0. The molecule has 0 fully saturated rings. The average Bonchev–Trinajstić information content (AvgIpc) is 3.39. The molecule has 41 heavy (non-hydrogen) atoms. The zero-order valence-corrected chi connectivity index (χ0v) is 23.2. The van der Waals surface area contributed by atoms with Crippen LogP contribution < -0.4 is 20.6 Å². The quantitative estimate of drug-likeness (QED) is 0.193. The van der Waals surface area contributed by atoms with E-state index in [-0.39, 0.29) is 6.85 Å². The summed E-state index contributed by atoms with van der Waals surface area (Å²) in [4.78, 5) is 5.13. The number of benzene rings is 6. The maximum absolute atomic E-state index is 2.61. The van der Waals surface area contributed by atoms with Gasteiger partial charge in [-0.2, -0.15) is 0 Å². The van der Waals surface area contributed by atoms with Gasteiger partial charge in [-0.05, 0) is 83.6 Å². The zero-order valence-electron chi connectivity index (χ0n) is 22.4. The maximum Gasteiger partial charge on any atom is 0.333 e. The number of thiophene rings is 1. The summed E-state index contributed by atoms with van der Waals surface area (Å²) < 4.78 is 2.67. The smallest absolute Gasteiger partial charge is 0.333 e. The van der Waals surface area contributed by atoms with Crippen molar-refractivity contribution in [2.45, 2.75) is 6.92 Å². The molecule has 0 bridgehead atoms. The first-order chi connectivity index (χ1) is 20.3. The summed E-state index contributed by atoms with van der Waals surface area (Å²) in [5.41, 5.74) is 15.7. The third kappa shape index (κ3) is 2.73. The van der Waals surface area contributed by atoms with Crippen molar-refractivity contribution in [3.05, 3.63) is 127 Å². The second kappa shape index (κ2) is 7.69. The van der Waals surface area contributed by atoms with E-state index in [1.807, 2.05) is 11.3 Å². The Labute approximate surface area is 242 Å². The summed E-state index contributed by atoms with van der Waals surface area (Å²) in [6.07, 6.45) is 0. The lowest BCUT2D eigenvalue weighted by Crippen LogP contribution is -2.63. The molecule has 0 N–H and O–H groups in total. The molecule has 4 heteroatoms.